The highest BCUT2D eigenvalue weighted by Gasteiger charge is 2.11. The van der Waals surface area contributed by atoms with Crippen molar-refractivity contribution in [3.05, 3.63) is 29.8 Å². The molecule has 0 spiro atoms. The third kappa shape index (κ3) is 3.57. The summed E-state index contributed by atoms with van der Waals surface area (Å²) in [7, 11) is 1.65. The van der Waals surface area contributed by atoms with Gasteiger partial charge in [0.15, 0.2) is 0 Å². The largest absolute Gasteiger partial charge is 0.358 e. The molecule has 1 aromatic carbocycles. The van der Waals surface area contributed by atoms with Gasteiger partial charge >= 0.3 is 0 Å². The van der Waals surface area contributed by atoms with Crippen LogP contribution in [0, 0.1) is 0 Å². The molecule has 0 radical (unpaired) electrons. The zero-order chi connectivity index (χ0) is 11.3. The Kier molecular flexibility index (Phi) is 4.65. The number of nitrogens with one attached hydrogen (secondary N) is 1. The molecule has 1 atom stereocenters. The Hall–Kier alpha value is -1.00. The van der Waals surface area contributed by atoms with Crippen molar-refractivity contribution in [2.75, 3.05) is 7.05 Å². The highest BCUT2D eigenvalue weighted by molar-refractivity contribution is 8.00. The van der Waals surface area contributed by atoms with E-state index in [1.165, 1.54) is 0 Å². The number of rotatable bonds is 4. The average Bonchev–Trinajstić information content (AvgIpc) is 2.29. The summed E-state index contributed by atoms with van der Waals surface area (Å²) in [5.41, 5.74) is 6.60. The van der Waals surface area contributed by atoms with Crippen LogP contribution in [0.2, 0.25) is 0 Å². The Morgan fingerprint density at radius 2 is 2.07 bits per heavy atom. The number of carbonyl (C=O) groups is 1. The fourth-order valence-corrected chi connectivity index (χ4v) is 2.09. The second-order valence-electron chi connectivity index (χ2n) is 3.22. The van der Waals surface area contributed by atoms with Crippen molar-refractivity contribution < 1.29 is 4.79 Å². The summed E-state index contributed by atoms with van der Waals surface area (Å²) in [5, 5.41) is 2.56. The van der Waals surface area contributed by atoms with Crippen LogP contribution in [-0.2, 0) is 11.3 Å². The number of benzene rings is 1. The Labute approximate surface area is 94.4 Å². The van der Waals surface area contributed by atoms with E-state index in [2.05, 4.69) is 5.32 Å². The fourth-order valence-electron chi connectivity index (χ4n) is 1.17. The third-order valence-corrected chi connectivity index (χ3v) is 3.20. The first-order chi connectivity index (χ1) is 7.17. The van der Waals surface area contributed by atoms with Crippen LogP contribution in [-0.4, -0.2) is 18.2 Å². The van der Waals surface area contributed by atoms with E-state index < -0.39 is 0 Å². The number of carbonyl (C=O) groups excluding carboxylic acids is 1. The van der Waals surface area contributed by atoms with Crippen molar-refractivity contribution in [2.45, 2.75) is 23.6 Å². The molecule has 15 heavy (non-hydrogen) atoms. The molecule has 0 saturated carbocycles. The van der Waals surface area contributed by atoms with Crippen molar-refractivity contribution in [2.24, 2.45) is 5.73 Å². The molecule has 3 N–H and O–H groups in total. The maximum absolute atomic E-state index is 11.3. The zero-order valence-corrected chi connectivity index (χ0v) is 9.80. The molecule has 0 aliphatic heterocycles. The lowest BCUT2D eigenvalue weighted by Crippen LogP contribution is -2.27. The van der Waals surface area contributed by atoms with Crippen molar-refractivity contribution in [3.63, 3.8) is 0 Å². The molecular formula is C11H16N2OS. The summed E-state index contributed by atoms with van der Waals surface area (Å²) in [6.45, 7) is 2.44. The number of hydrogen-bond donors (Lipinski definition) is 2. The highest BCUT2D eigenvalue weighted by Crippen LogP contribution is 2.23. The number of hydrogen-bond acceptors (Lipinski definition) is 3. The standard InChI is InChI=1S/C11H16N2OS/c1-8(11(14)13-2)15-10-5-3-9(7-12)4-6-10/h3-6,8H,7,12H2,1-2H3,(H,13,14). The molecule has 1 amide bonds. The van der Waals surface area contributed by atoms with Gasteiger partial charge in [-0.05, 0) is 24.6 Å². The topological polar surface area (TPSA) is 55.1 Å². The molecule has 3 nitrogen and oxygen atoms in total. The average molecular weight is 224 g/mol. The van der Waals surface area contributed by atoms with Crippen molar-refractivity contribution >= 4 is 17.7 Å². The first kappa shape index (κ1) is 12.1. The van der Waals surface area contributed by atoms with Crippen LogP contribution in [0.25, 0.3) is 0 Å². The highest BCUT2D eigenvalue weighted by atomic mass is 32.2. The molecule has 1 aromatic rings. The first-order valence-electron chi connectivity index (χ1n) is 4.84. The van der Waals surface area contributed by atoms with Gasteiger partial charge in [-0.15, -0.1) is 11.8 Å². The maximum Gasteiger partial charge on any atom is 0.232 e. The van der Waals surface area contributed by atoms with Crippen LogP contribution >= 0.6 is 11.8 Å². The van der Waals surface area contributed by atoms with E-state index in [4.69, 9.17) is 5.73 Å². The molecule has 1 rings (SSSR count). The van der Waals surface area contributed by atoms with Gasteiger partial charge in [-0.3, -0.25) is 4.79 Å². The summed E-state index contributed by atoms with van der Waals surface area (Å²) in [5.74, 6) is 0.0444. The normalized spacial score (nSPS) is 12.2. The lowest BCUT2D eigenvalue weighted by atomic mass is 10.2. The molecule has 0 bridgehead atoms. The Morgan fingerprint density at radius 1 is 1.47 bits per heavy atom. The van der Waals surface area contributed by atoms with Gasteiger partial charge in [0.2, 0.25) is 5.91 Å². The van der Waals surface area contributed by atoms with Crippen molar-refractivity contribution in [1.29, 1.82) is 0 Å². The van der Waals surface area contributed by atoms with Gasteiger partial charge in [0, 0.05) is 18.5 Å². The van der Waals surface area contributed by atoms with E-state index in [0.29, 0.717) is 6.54 Å². The lowest BCUT2D eigenvalue weighted by molar-refractivity contribution is -0.119. The molecule has 4 heteroatoms. The zero-order valence-electron chi connectivity index (χ0n) is 8.99. The molecule has 0 aliphatic rings. The molecule has 0 aliphatic carbocycles. The van der Waals surface area contributed by atoms with E-state index in [9.17, 15) is 4.79 Å². The second-order valence-corrected chi connectivity index (χ2v) is 4.64. The predicted molar refractivity (Wildman–Crippen MR) is 63.7 cm³/mol. The van der Waals surface area contributed by atoms with Crippen LogP contribution in [0.5, 0.6) is 0 Å². The van der Waals surface area contributed by atoms with Crippen molar-refractivity contribution in [1.82, 2.24) is 5.32 Å². The molecule has 0 saturated heterocycles. The summed E-state index contributed by atoms with van der Waals surface area (Å²) >= 11 is 1.54. The Balaban J connectivity index is 2.60. The molecular weight excluding hydrogens is 208 g/mol. The molecule has 82 valence electrons. The first-order valence-corrected chi connectivity index (χ1v) is 5.72. The summed E-state index contributed by atoms with van der Waals surface area (Å²) in [4.78, 5) is 12.4. The molecule has 0 heterocycles. The van der Waals surface area contributed by atoms with Crippen LogP contribution in [0.3, 0.4) is 0 Å². The lowest BCUT2D eigenvalue weighted by Gasteiger charge is -2.09. The number of nitrogens with two attached hydrogens (primary N) is 1. The predicted octanol–water partition coefficient (Wildman–Crippen LogP) is 1.37. The smallest absolute Gasteiger partial charge is 0.232 e. The maximum atomic E-state index is 11.3. The quantitative estimate of drug-likeness (QED) is 0.760. The number of thioether (sulfide) groups is 1. The minimum Gasteiger partial charge on any atom is -0.358 e. The van der Waals surface area contributed by atoms with E-state index in [0.717, 1.165) is 10.5 Å². The SMILES string of the molecule is CNC(=O)C(C)Sc1ccc(CN)cc1. The van der Waals surface area contributed by atoms with Gasteiger partial charge in [0.05, 0.1) is 5.25 Å². The van der Waals surface area contributed by atoms with Gasteiger partial charge in [-0.2, -0.15) is 0 Å². The van der Waals surface area contributed by atoms with Gasteiger partial charge in [-0.1, -0.05) is 12.1 Å². The van der Waals surface area contributed by atoms with E-state index in [-0.39, 0.29) is 11.2 Å². The van der Waals surface area contributed by atoms with Crippen LogP contribution in [0.4, 0.5) is 0 Å². The third-order valence-electron chi connectivity index (χ3n) is 2.09. The van der Waals surface area contributed by atoms with E-state index >= 15 is 0 Å². The van der Waals surface area contributed by atoms with Crippen LogP contribution < -0.4 is 11.1 Å². The summed E-state index contributed by atoms with van der Waals surface area (Å²) in [6, 6.07) is 7.95. The van der Waals surface area contributed by atoms with E-state index in [1.54, 1.807) is 18.8 Å². The van der Waals surface area contributed by atoms with Crippen molar-refractivity contribution in [3.8, 4) is 0 Å². The van der Waals surface area contributed by atoms with Crippen LogP contribution in [0.1, 0.15) is 12.5 Å². The van der Waals surface area contributed by atoms with Gasteiger partial charge in [-0.25, -0.2) is 0 Å². The molecule has 0 fully saturated rings. The summed E-state index contributed by atoms with van der Waals surface area (Å²) in [6.07, 6.45) is 0. The Morgan fingerprint density at radius 3 is 2.53 bits per heavy atom. The molecule has 1 unspecified atom stereocenters. The van der Waals surface area contributed by atoms with Crippen LogP contribution in [0.15, 0.2) is 29.2 Å². The van der Waals surface area contributed by atoms with Gasteiger partial charge in [0.1, 0.15) is 0 Å². The Bertz CT molecular complexity index is 324. The monoisotopic (exact) mass is 224 g/mol. The van der Waals surface area contributed by atoms with E-state index in [1.807, 2.05) is 31.2 Å². The minimum absolute atomic E-state index is 0.0444. The molecule has 0 aromatic heterocycles. The summed E-state index contributed by atoms with van der Waals surface area (Å²) < 4.78 is 0. The second kappa shape index (κ2) is 5.78. The minimum atomic E-state index is -0.0706. The van der Waals surface area contributed by atoms with Gasteiger partial charge < -0.3 is 11.1 Å². The fraction of sp³-hybridized carbons (Fsp3) is 0.364. The number of amides is 1. The van der Waals surface area contributed by atoms with Gasteiger partial charge in [0.25, 0.3) is 0 Å².